The molecule has 1 aromatic heterocycles. The van der Waals surface area contributed by atoms with Crippen LogP contribution in [0.1, 0.15) is 30.0 Å². The third-order valence-corrected chi connectivity index (χ3v) is 3.56. The maximum atomic E-state index is 4.42. The molecule has 0 aliphatic heterocycles. The van der Waals surface area contributed by atoms with Crippen LogP contribution in [0.25, 0.3) is 0 Å². The van der Waals surface area contributed by atoms with Crippen molar-refractivity contribution in [3.8, 4) is 0 Å². The summed E-state index contributed by atoms with van der Waals surface area (Å²) in [6.45, 7) is 3.23. The summed E-state index contributed by atoms with van der Waals surface area (Å²) in [4.78, 5) is 4.42. The first kappa shape index (κ1) is 12.3. The van der Waals surface area contributed by atoms with Crippen LogP contribution >= 0.6 is 11.3 Å². The second kappa shape index (κ2) is 6.52. The molecule has 0 aliphatic carbocycles. The molecule has 1 unspecified atom stereocenters. The van der Waals surface area contributed by atoms with Gasteiger partial charge in [-0.25, -0.2) is 4.98 Å². The minimum atomic E-state index is 0.345. The molecule has 0 spiro atoms. The molecule has 0 radical (unpaired) electrons. The summed E-state index contributed by atoms with van der Waals surface area (Å²) >= 11 is 1.73. The number of benzene rings is 1. The third kappa shape index (κ3) is 3.65. The van der Waals surface area contributed by atoms with Crippen LogP contribution in [0.3, 0.4) is 0 Å². The number of rotatable bonds is 6. The van der Waals surface area contributed by atoms with Gasteiger partial charge in [0.2, 0.25) is 0 Å². The Morgan fingerprint density at radius 1 is 1.29 bits per heavy atom. The van der Waals surface area contributed by atoms with E-state index in [1.165, 1.54) is 10.6 Å². The Hall–Kier alpha value is -1.19. The predicted octanol–water partition coefficient (Wildman–Crippen LogP) is 3.43. The van der Waals surface area contributed by atoms with E-state index in [1.54, 1.807) is 11.3 Å². The summed E-state index contributed by atoms with van der Waals surface area (Å²) in [5.41, 5.74) is 1.36. The van der Waals surface area contributed by atoms with Crippen LogP contribution in [0.15, 0.2) is 41.9 Å². The topological polar surface area (TPSA) is 24.9 Å². The lowest BCUT2D eigenvalue weighted by Gasteiger charge is -2.16. The Kier molecular flexibility index (Phi) is 4.71. The summed E-state index contributed by atoms with van der Waals surface area (Å²) in [5.74, 6) is 0. The van der Waals surface area contributed by atoms with Gasteiger partial charge in [-0.05, 0) is 24.9 Å². The highest BCUT2D eigenvalue weighted by Crippen LogP contribution is 2.20. The maximum Gasteiger partial charge on any atom is 0.110 e. The third-order valence-electron chi connectivity index (χ3n) is 2.67. The minimum absolute atomic E-state index is 0.345. The lowest BCUT2D eigenvalue weighted by molar-refractivity contribution is 0.527. The van der Waals surface area contributed by atoms with Crippen LogP contribution in [-0.2, 0) is 6.42 Å². The smallest absolute Gasteiger partial charge is 0.110 e. The Balaban J connectivity index is 2.06. The summed E-state index contributed by atoms with van der Waals surface area (Å²) in [6.07, 6.45) is 4.04. The number of aromatic nitrogens is 1. The van der Waals surface area contributed by atoms with Gasteiger partial charge in [0.1, 0.15) is 5.01 Å². The first-order valence-corrected chi connectivity index (χ1v) is 6.95. The summed E-state index contributed by atoms with van der Waals surface area (Å²) in [5, 5.41) is 6.79. The zero-order valence-electron chi connectivity index (χ0n) is 10.1. The highest BCUT2D eigenvalue weighted by Gasteiger charge is 2.13. The average molecular weight is 246 g/mol. The Bertz CT molecular complexity index is 411. The molecule has 1 N–H and O–H groups in total. The largest absolute Gasteiger partial charge is 0.308 e. The van der Waals surface area contributed by atoms with Crippen molar-refractivity contribution in [2.45, 2.75) is 25.8 Å². The zero-order chi connectivity index (χ0) is 11.9. The highest BCUT2D eigenvalue weighted by atomic mass is 32.1. The fraction of sp³-hybridized carbons (Fsp3) is 0.357. The van der Waals surface area contributed by atoms with Crippen molar-refractivity contribution < 1.29 is 0 Å². The standard InChI is InChI=1S/C14H18N2S/c1-2-8-15-13(14-16-9-10-17-14)11-12-6-4-3-5-7-12/h3-7,9-10,13,15H,2,8,11H2,1H3. The first-order chi connectivity index (χ1) is 8.40. The molecule has 0 saturated carbocycles. The summed E-state index contributed by atoms with van der Waals surface area (Å²) in [7, 11) is 0. The van der Waals surface area contributed by atoms with Gasteiger partial charge in [0.15, 0.2) is 0 Å². The molecular weight excluding hydrogens is 228 g/mol. The molecule has 2 rings (SSSR count). The van der Waals surface area contributed by atoms with Gasteiger partial charge in [0, 0.05) is 11.6 Å². The van der Waals surface area contributed by atoms with E-state index in [0.29, 0.717) is 6.04 Å². The van der Waals surface area contributed by atoms with Gasteiger partial charge >= 0.3 is 0 Å². The lowest BCUT2D eigenvalue weighted by atomic mass is 10.1. The monoisotopic (exact) mass is 246 g/mol. The Morgan fingerprint density at radius 2 is 2.12 bits per heavy atom. The van der Waals surface area contributed by atoms with Crippen LogP contribution in [0.2, 0.25) is 0 Å². The highest BCUT2D eigenvalue weighted by molar-refractivity contribution is 7.09. The molecule has 17 heavy (non-hydrogen) atoms. The molecule has 1 aromatic carbocycles. The SMILES string of the molecule is CCCNC(Cc1ccccc1)c1nccs1. The molecule has 1 heterocycles. The number of thiazole rings is 1. The van der Waals surface area contributed by atoms with E-state index in [2.05, 4.69) is 47.6 Å². The molecule has 3 heteroatoms. The molecule has 2 nitrogen and oxygen atoms in total. The van der Waals surface area contributed by atoms with Crippen molar-refractivity contribution in [1.82, 2.24) is 10.3 Å². The van der Waals surface area contributed by atoms with Gasteiger partial charge in [-0.15, -0.1) is 11.3 Å². The van der Waals surface area contributed by atoms with Crippen molar-refractivity contribution in [3.63, 3.8) is 0 Å². The molecule has 0 bridgehead atoms. The number of nitrogens with one attached hydrogen (secondary N) is 1. The predicted molar refractivity (Wildman–Crippen MR) is 73.3 cm³/mol. The van der Waals surface area contributed by atoms with Crippen molar-refractivity contribution in [1.29, 1.82) is 0 Å². The molecule has 0 amide bonds. The maximum absolute atomic E-state index is 4.42. The Labute approximate surface area is 107 Å². The van der Waals surface area contributed by atoms with Gasteiger partial charge < -0.3 is 5.32 Å². The minimum Gasteiger partial charge on any atom is -0.308 e. The van der Waals surface area contributed by atoms with Crippen LogP contribution in [0.4, 0.5) is 0 Å². The van der Waals surface area contributed by atoms with Gasteiger partial charge in [0.05, 0.1) is 6.04 Å². The van der Waals surface area contributed by atoms with Gasteiger partial charge in [-0.1, -0.05) is 37.3 Å². The number of hydrogen-bond acceptors (Lipinski definition) is 3. The molecule has 2 aromatic rings. The second-order valence-electron chi connectivity index (χ2n) is 4.07. The fourth-order valence-electron chi connectivity index (χ4n) is 1.82. The average Bonchev–Trinajstić information content (AvgIpc) is 2.89. The van der Waals surface area contributed by atoms with E-state index in [0.717, 1.165) is 19.4 Å². The number of nitrogens with zero attached hydrogens (tertiary/aromatic N) is 1. The van der Waals surface area contributed by atoms with Gasteiger partial charge in [-0.2, -0.15) is 0 Å². The van der Waals surface area contributed by atoms with Crippen molar-refractivity contribution in [2.24, 2.45) is 0 Å². The quantitative estimate of drug-likeness (QED) is 0.844. The lowest BCUT2D eigenvalue weighted by Crippen LogP contribution is -2.23. The van der Waals surface area contributed by atoms with Crippen LogP contribution in [-0.4, -0.2) is 11.5 Å². The van der Waals surface area contributed by atoms with E-state index < -0.39 is 0 Å². The Morgan fingerprint density at radius 3 is 2.76 bits per heavy atom. The van der Waals surface area contributed by atoms with E-state index >= 15 is 0 Å². The molecule has 90 valence electrons. The number of hydrogen-bond donors (Lipinski definition) is 1. The van der Waals surface area contributed by atoms with Crippen molar-refractivity contribution >= 4 is 11.3 Å². The van der Waals surface area contributed by atoms with E-state index in [-0.39, 0.29) is 0 Å². The normalized spacial score (nSPS) is 12.5. The van der Waals surface area contributed by atoms with E-state index in [1.807, 2.05) is 11.6 Å². The van der Waals surface area contributed by atoms with Crippen LogP contribution in [0.5, 0.6) is 0 Å². The van der Waals surface area contributed by atoms with Crippen molar-refractivity contribution in [2.75, 3.05) is 6.54 Å². The van der Waals surface area contributed by atoms with Gasteiger partial charge in [-0.3, -0.25) is 0 Å². The zero-order valence-corrected chi connectivity index (χ0v) is 10.9. The van der Waals surface area contributed by atoms with Gasteiger partial charge in [0.25, 0.3) is 0 Å². The first-order valence-electron chi connectivity index (χ1n) is 6.07. The summed E-state index contributed by atoms with van der Waals surface area (Å²) in [6, 6.07) is 10.9. The second-order valence-corrected chi connectivity index (χ2v) is 4.99. The molecule has 1 atom stereocenters. The molecular formula is C14H18N2S. The van der Waals surface area contributed by atoms with E-state index in [4.69, 9.17) is 0 Å². The van der Waals surface area contributed by atoms with Crippen LogP contribution < -0.4 is 5.32 Å². The summed E-state index contributed by atoms with van der Waals surface area (Å²) < 4.78 is 0. The molecule has 0 fully saturated rings. The van der Waals surface area contributed by atoms with Crippen LogP contribution in [0, 0.1) is 0 Å². The fourth-order valence-corrected chi connectivity index (χ4v) is 2.54. The molecule has 0 saturated heterocycles. The molecule has 0 aliphatic rings. The van der Waals surface area contributed by atoms with Crippen molar-refractivity contribution in [3.05, 3.63) is 52.5 Å². The van der Waals surface area contributed by atoms with E-state index in [9.17, 15) is 0 Å².